The molecule has 0 aromatic carbocycles. The van der Waals surface area contributed by atoms with Gasteiger partial charge in [-0.15, -0.1) is 0 Å². The number of anilines is 1. The van der Waals surface area contributed by atoms with Crippen molar-refractivity contribution in [2.75, 3.05) is 17.7 Å². The molecule has 6 heteroatoms. The molecule has 2 fully saturated rings. The molecule has 1 unspecified atom stereocenters. The monoisotopic (exact) mass is 481 g/mol. The van der Waals surface area contributed by atoms with E-state index in [-0.39, 0.29) is 5.54 Å². The van der Waals surface area contributed by atoms with E-state index in [1.165, 1.54) is 37.8 Å². The van der Waals surface area contributed by atoms with E-state index in [0.717, 1.165) is 41.2 Å². The lowest BCUT2D eigenvalue weighted by Crippen LogP contribution is -2.38. The average molecular weight is 482 g/mol. The van der Waals surface area contributed by atoms with Gasteiger partial charge < -0.3 is 9.47 Å². The van der Waals surface area contributed by atoms with Crippen molar-refractivity contribution < 1.29 is 0 Å². The zero-order chi connectivity index (χ0) is 24.9. The molecule has 1 saturated carbocycles. The van der Waals surface area contributed by atoms with Crippen molar-refractivity contribution in [2.45, 2.75) is 97.6 Å². The molecule has 1 aliphatic carbocycles. The van der Waals surface area contributed by atoms with E-state index < -0.39 is 0 Å². The number of rotatable bonds is 5. The Morgan fingerprint density at radius 1 is 1.06 bits per heavy atom. The fourth-order valence-electron chi connectivity index (χ4n) is 4.64. The smallest absolute Gasteiger partial charge is 0.162 e. The quantitative estimate of drug-likeness (QED) is 0.384. The Morgan fingerprint density at radius 2 is 1.79 bits per heavy atom. The van der Waals surface area contributed by atoms with Gasteiger partial charge in [-0.25, -0.2) is 15.0 Å². The first kappa shape index (κ1) is 26.5. The van der Waals surface area contributed by atoms with Crippen LogP contribution in [0, 0.1) is 0 Å². The second kappa shape index (κ2) is 11.6. The third kappa shape index (κ3) is 5.42. The van der Waals surface area contributed by atoms with Gasteiger partial charge in [0.1, 0.15) is 11.5 Å². The van der Waals surface area contributed by atoms with E-state index >= 15 is 0 Å². The summed E-state index contributed by atoms with van der Waals surface area (Å²) in [5, 5.41) is 1.14. The molecular formula is C28H43N5S. The largest absolute Gasteiger partial charge is 0.354 e. The Hall–Kier alpha value is -2.08. The van der Waals surface area contributed by atoms with Crippen molar-refractivity contribution in [3.63, 3.8) is 0 Å². The van der Waals surface area contributed by atoms with Gasteiger partial charge in [0, 0.05) is 59.1 Å². The predicted molar refractivity (Wildman–Crippen MR) is 149 cm³/mol. The third-order valence-electron chi connectivity index (χ3n) is 7.17. The number of piperidine rings is 1. The van der Waals surface area contributed by atoms with Crippen LogP contribution in [-0.2, 0) is 5.54 Å². The number of aromatic nitrogens is 4. The second-order valence-electron chi connectivity index (χ2n) is 9.73. The number of pyridine rings is 1. The Labute approximate surface area is 211 Å². The highest BCUT2D eigenvalue weighted by Gasteiger charge is 2.29. The molecule has 1 saturated heterocycles. The molecule has 3 aromatic heterocycles. The first-order chi connectivity index (χ1) is 16.5. The van der Waals surface area contributed by atoms with Crippen molar-refractivity contribution in [3.05, 3.63) is 36.3 Å². The molecule has 0 N–H and O–H groups in total. The lowest BCUT2D eigenvalue weighted by atomic mass is 10.0. The number of hydrogen-bond donors (Lipinski definition) is 1. The second-order valence-corrected chi connectivity index (χ2v) is 9.73. The maximum Gasteiger partial charge on any atom is 0.162 e. The minimum absolute atomic E-state index is 0.0263. The van der Waals surface area contributed by atoms with Crippen LogP contribution in [0.2, 0.25) is 0 Å². The van der Waals surface area contributed by atoms with Crippen LogP contribution in [0.25, 0.3) is 22.4 Å². The summed E-state index contributed by atoms with van der Waals surface area (Å²) in [4.78, 5) is 17.4. The zero-order valence-electron chi connectivity index (χ0n) is 22.2. The van der Waals surface area contributed by atoms with E-state index in [1.54, 1.807) is 6.26 Å². The Morgan fingerprint density at radius 3 is 2.44 bits per heavy atom. The molecular weight excluding hydrogens is 438 g/mol. The van der Waals surface area contributed by atoms with E-state index in [1.807, 2.05) is 20.0 Å². The minimum atomic E-state index is 0.0263. The highest BCUT2D eigenvalue weighted by Crippen LogP contribution is 2.41. The summed E-state index contributed by atoms with van der Waals surface area (Å²) in [7, 11) is 0. The molecule has 0 amide bonds. The average Bonchev–Trinajstić information content (AvgIpc) is 3.64. The van der Waals surface area contributed by atoms with E-state index in [0.29, 0.717) is 12.0 Å². The summed E-state index contributed by atoms with van der Waals surface area (Å²) in [6.45, 7) is 14.2. The molecule has 5 rings (SSSR count). The highest BCUT2D eigenvalue weighted by molar-refractivity contribution is 7.79. The molecule has 0 spiro atoms. The van der Waals surface area contributed by atoms with Crippen molar-refractivity contribution >= 4 is 29.5 Å². The van der Waals surface area contributed by atoms with E-state index in [4.69, 9.17) is 15.0 Å². The molecule has 1 atom stereocenters. The maximum absolute atomic E-state index is 5.11. The van der Waals surface area contributed by atoms with Crippen LogP contribution in [-0.4, -0.2) is 38.4 Å². The first-order valence-electron chi connectivity index (χ1n) is 13.0. The van der Waals surface area contributed by atoms with Crippen molar-refractivity contribution in [1.29, 1.82) is 0 Å². The molecule has 34 heavy (non-hydrogen) atoms. The van der Waals surface area contributed by atoms with Gasteiger partial charge in [0.15, 0.2) is 5.82 Å². The first-order valence-corrected chi connectivity index (χ1v) is 13.9. The summed E-state index contributed by atoms with van der Waals surface area (Å²) >= 11 is 3.53. The van der Waals surface area contributed by atoms with Gasteiger partial charge in [-0.2, -0.15) is 12.6 Å². The lowest BCUT2D eigenvalue weighted by Gasteiger charge is -2.34. The predicted octanol–water partition coefficient (Wildman–Crippen LogP) is 7.47. The van der Waals surface area contributed by atoms with Crippen LogP contribution in [0.3, 0.4) is 0 Å². The topological polar surface area (TPSA) is 46.8 Å². The fourth-order valence-corrected chi connectivity index (χ4v) is 4.64. The number of hydrogen-bond acceptors (Lipinski definition) is 5. The molecule has 3 aromatic rings. The number of nitrogens with zero attached hydrogens (tertiary/aromatic N) is 5. The molecule has 186 valence electrons. The Kier molecular flexibility index (Phi) is 9.02. The van der Waals surface area contributed by atoms with Crippen LogP contribution in [0.15, 0.2) is 30.6 Å². The number of fused-ring (bicyclic) bond motifs is 1. The van der Waals surface area contributed by atoms with Crippen molar-refractivity contribution in [2.24, 2.45) is 0 Å². The molecule has 0 bridgehead atoms. The van der Waals surface area contributed by atoms with Gasteiger partial charge in [0.25, 0.3) is 0 Å². The summed E-state index contributed by atoms with van der Waals surface area (Å²) in [5.74, 6) is 2.56. The SMILES string of the molecule is CC.CCC(C)(C)n1ccc2c(-c3nc(C4CC4)cc(N4CCCCC4C)n3)ccnc21.CS. The van der Waals surface area contributed by atoms with Crippen molar-refractivity contribution in [3.8, 4) is 11.4 Å². The van der Waals surface area contributed by atoms with Gasteiger partial charge in [0.2, 0.25) is 0 Å². The van der Waals surface area contributed by atoms with Gasteiger partial charge in [0.05, 0.1) is 0 Å². The fraction of sp³-hybridized carbons (Fsp3) is 0.607. The third-order valence-corrected chi connectivity index (χ3v) is 7.17. The van der Waals surface area contributed by atoms with Gasteiger partial charge >= 0.3 is 0 Å². The maximum atomic E-state index is 5.11. The molecule has 1 aliphatic heterocycles. The van der Waals surface area contributed by atoms with E-state index in [9.17, 15) is 0 Å². The van der Waals surface area contributed by atoms with E-state index in [2.05, 4.69) is 74.2 Å². The number of thiol groups is 1. The zero-order valence-corrected chi connectivity index (χ0v) is 23.1. The minimum Gasteiger partial charge on any atom is -0.354 e. The van der Waals surface area contributed by atoms with Crippen LogP contribution < -0.4 is 4.90 Å². The Bertz CT molecular complexity index is 1070. The normalized spacial score (nSPS) is 18.1. The molecule has 0 radical (unpaired) electrons. The van der Waals surface area contributed by atoms with Crippen LogP contribution in [0.4, 0.5) is 5.82 Å². The summed E-state index contributed by atoms with van der Waals surface area (Å²) in [5.41, 5.74) is 3.36. The lowest BCUT2D eigenvalue weighted by molar-refractivity contribution is 0.352. The molecule has 4 heterocycles. The van der Waals surface area contributed by atoms with Crippen molar-refractivity contribution in [1.82, 2.24) is 19.5 Å². The summed E-state index contributed by atoms with van der Waals surface area (Å²) in [6, 6.07) is 7.07. The standard InChI is InChI=1S/C25H33N5.C2H6.CH4S/c1-5-25(3,4)30-15-12-20-19(11-13-26-24(20)30)23-27-21(18-9-10-18)16-22(28-23)29-14-7-6-8-17(29)2;2*1-2/h11-13,15-18H,5-10,14H2,1-4H3;1-2H3;2H,1H3. The van der Waals surface area contributed by atoms with Gasteiger partial charge in [-0.3, -0.25) is 0 Å². The van der Waals surface area contributed by atoms with Gasteiger partial charge in [-0.1, -0.05) is 20.8 Å². The summed E-state index contributed by atoms with van der Waals surface area (Å²) < 4.78 is 2.30. The van der Waals surface area contributed by atoms with Crippen LogP contribution in [0.1, 0.15) is 91.7 Å². The summed E-state index contributed by atoms with van der Waals surface area (Å²) in [6.07, 6.45) is 13.1. The van der Waals surface area contributed by atoms with Gasteiger partial charge in [-0.05, 0) is 77.7 Å². The highest BCUT2D eigenvalue weighted by atomic mass is 32.1. The van der Waals surface area contributed by atoms with Crippen LogP contribution >= 0.6 is 12.6 Å². The molecule has 5 nitrogen and oxygen atoms in total. The molecule has 2 aliphatic rings. The van der Waals surface area contributed by atoms with Crippen LogP contribution in [0.5, 0.6) is 0 Å². The Balaban J connectivity index is 0.000000771.